The van der Waals surface area contributed by atoms with Crippen molar-refractivity contribution in [3.8, 4) is 0 Å². The SMILES string of the molecule is CCS(=O)(=O)N1CCc2cc(B3OC(C)(C)C(C)(C)O3)ccc21. The maximum absolute atomic E-state index is 12.2. The molecule has 0 N–H and O–H groups in total. The largest absolute Gasteiger partial charge is 0.494 e. The van der Waals surface area contributed by atoms with Gasteiger partial charge in [0.25, 0.3) is 0 Å². The smallest absolute Gasteiger partial charge is 0.399 e. The van der Waals surface area contributed by atoms with E-state index in [1.165, 1.54) is 4.31 Å². The minimum absolute atomic E-state index is 0.116. The van der Waals surface area contributed by atoms with Crippen LogP contribution < -0.4 is 9.77 Å². The molecule has 2 aliphatic heterocycles. The van der Waals surface area contributed by atoms with Crippen molar-refractivity contribution in [3.63, 3.8) is 0 Å². The van der Waals surface area contributed by atoms with Gasteiger partial charge in [-0.25, -0.2) is 8.42 Å². The molecule has 3 rings (SSSR count). The zero-order valence-corrected chi connectivity index (χ0v) is 15.2. The molecular weight excluding hydrogens is 313 g/mol. The first-order valence-corrected chi connectivity index (χ1v) is 9.67. The Balaban J connectivity index is 1.90. The molecule has 0 atom stereocenters. The van der Waals surface area contributed by atoms with Crippen molar-refractivity contribution >= 4 is 28.3 Å². The Hall–Kier alpha value is -1.05. The number of nitrogens with zero attached hydrogens (tertiary/aromatic N) is 1. The highest BCUT2D eigenvalue weighted by atomic mass is 32.2. The number of rotatable bonds is 3. The van der Waals surface area contributed by atoms with Gasteiger partial charge in [-0.15, -0.1) is 0 Å². The van der Waals surface area contributed by atoms with Crippen LogP contribution in [0.25, 0.3) is 0 Å². The number of anilines is 1. The first-order valence-electron chi connectivity index (χ1n) is 8.06. The minimum Gasteiger partial charge on any atom is -0.399 e. The van der Waals surface area contributed by atoms with Crippen LogP contribution in [-0.4, -0.2) is 39.0 Å². The molecule has 0 radical (unpaired) electrons. The van der Waals surface area contributed by atoms with Crippen LogP contribution in [0.3, 0.4) is 0 Å². The van der Waals surface area contributed by atoms with E-state index in [0.717, 1.165) is 23.1 Å². The fourth-order valence-corrected chi connectivity index (χ4v) is 4.12. The Morgan fingerprint density at radius 1 is 1.17 bits per heavy atom. The lowest BCUT2D eigenvalue weighted by Gasteiger charge is -2.32. The van der Waals surface area contributed by atoms with E-state index in [4.69, 9.17) is 9.31 Å². The van der Waals surface area contributed by atoms with E-state index in [-0.39, 0.29) is 17.0 Å². The molecule has 0 unspecified atom stereocenters. The Morgan fingerprint density at radius 3 is 2.35 bits per heavy atom. The molecule has 0 amide bonds. The summed E-state index contributed by atoms with van der Waals surface area (Å²) in [7, 11) is -3.62. The van der Waals surface area contributed by atoms with Crippen LogP contribution in [0.4, 0.5) is 5.69 Å². The van der Waals surface area contributed by atoms with E-state index >= 15 is 0 Å². The summed E-state index contributed by atoms with van der Waals surface area (Å²) in [6.45, 7) is 10.3. The topological polar surface area (TPSA) is 55.8 Å². The van der Waals surface area contributed by atoms with Crippen LogP contribution >= 0.6 is 0 Å². The van der Waals surface area contributed by atoms with Crippen LogP contribution in [0.2, 0.25) is 0 Å². The van der Waals surface area contributed by atoms with Crippen molar-refractivity contribution < 1.29 is 17.7 Å². The second-order valence-corrected chi connectivity index (χ2v) is 9.38. The standard InChI is InChI=1S/C16H24BNO4S/c1-6-23(19,20)18-10-9-12-11-13(7-8-14(12)18)17-21-15(2,3)16(4,5)22-17/h7-8,11H,6,9-10H2,1-5H3. The summed E-state index contributed by atoms with van der Waals surface area (Å²) < 4.78 is 38.0. The van der Waals surface area contributed by atoms with Crippen LogP contribution in [-0.2, 0) is 25.8 Å². The number of hydrogen-bond acceptors (Lipinski definition) is 4. The van der Waals surface area contributed by atoms with Crippen molar-refractivity contribution in [1.29, 1.82) is 0 Å². The van der Waals surface area contributed by atoms with Gasteiger partial charge in [-0.3, -0.25) is 4.31 Å². The van der Waals surface area contributed by atoms with Gasteiger partial charge < -0.3 is 9.31 Å². The molecule has 0 aliphatic carbocycles. The van der Waals surface area contributed by atoms with Crippen molar-refractivity contribution in [2.75, 3.05) is 16.6 Å². The van der Waals surface area contributed by atoms with Crippen LogP contribution in [0.1, 0.15) is 40.2 Å². The summed E-state index contributed by atoms with van der Waals surface area (Å²) in [5.41, 5.74) is 2.00. The van der Waals surface area contributed by atoms with E-state index in [9.17, 15) is 8.42 Å². The summed E-state index contributed by atoms with van der Waals surface area (Å²) in [6.07, 6.45) is 0.724. The van der Waals surface area contributed by atoms with E-state index in [0.29, 0.717) is 6.54 Å². The Kier molecular flexibility index (Phi) is 3.82. The lowest BCUT2D eigenvalue weighted by molar-refractivity contribution is 0.00578. The van der Waals surface area contributed by atoms with Gasteiger partial charge in [0, 0.05) is 6.54 Å². The van der Waals surface area contributed by atoms with Crippen LogP contribution in [0, 0.1) is 0 Å². The molecule has 1 aromatic carbocycles. The highest BCUT2D eigenvalue weighted by Gasteiger charge is 2.51. The second kappa shape index (κ2) is 5.23. The first kappa shape index (κ1) is 16.8. The minimum atomic E-state index is -3.21. The summed E-state index contributed by atoms with van der Waals surface area (Å²) in [5, 5.41) is 0. The van der Waals surface area contributed by atoms with Crippen LogP contribution in [0.15, 0.2) is 18.2 Å². The summed E-state index contributed by atoms with van der Waals surface area (Å²) >= 11 is 0. The molecule has 5 nitrogen and oxygen atoms in total. The van der Waals surface area contributed by atoms with Gasteiger partial charge in [-0.2, -0.15) is 0 Å². The average molecular weight is 337 g/mol. The Labute approximate surface area is 139 Å². The van der Waals surface area contributed by atoms with E-state index in [1.807, 2.05) is 45.9 Å². The Morgan fingerprint density at radius 2 is 1.78 bits per heavy atom. The molecule has 0 saturated carbocycles. The molecule has 0 spiro atoms. The fraction of sp³-hybridized carbons (Fsp3) is 0.625. The fourth-order valence-electron chi connectivity index (χ4n) is 2.96. The maximum Gasteiger partial charge on any atom is 0.494 e. The molecule has 1 fully saturated rings. The van der Waals surface area contributed by atoms with Gasteiger partial charge >= 0.3 is 7.12 Å². The van der Waals surface area contributed by atoms with Crippen molar-refractivity contribution in [1.82, 2.24) is 0 Å². The number of benzene rings is 1. The zero-order chi connectivity index (χ0) is 17.0. The van der Waals surface area contributed by atoms with Crippen molar-refractivity contribution in [2.24, 2.45) is 0 Å². The van der Waals surface area contributed by atoms with E-state index in [2.05, 4.69) is 0 Å². The molecule has 7 heteroatoms. The van der Waals surface area contributed by atoms with Gasteiger partial charge in [0.2, 0.25) is 10.0 Å². The molecular formula is C16H24BNO4S. The molecule has 126 valence electrons. The predicted octanol–water partition coefficient (Wildman–Crippen LogP) is 1.70. The Bertz CT molecular complexity index is 714. The monoisotopic (exact) mass is 337 g/mol. The molecule has 23 heavy (non-hydrogen) atoms. The predicted molar refractivity (Wildman–Crippen MR) is 92.7 cm³/mol. The van der Waals surface area contributed by atoms with Crippen molar-refractivity contribution in [2.45, 2.75) is 52.2 Å². The normalized spacial score (nSPS) is 22.5. The number of sulfonamides is 1. The third-order valence-corrected chi connectivity index (χ3v) is 6.96. The summed E-state index contributed by atoms with van der Waals surface area (Å²) in [6, 6.07) is 5.79. The lowest BCUT2D eigenvalue weighted by atomic mass is 9.78. The lowest BCUT2D eigenvalue weighted by Crippen LogP contribution is -2.41. The van der Waals surface area contributed by atoms with Gasteiger partial charge in [0.1, 0.15) is 0 Å². The van der Waals surface area contributed by atoms with E-state index in [1.54, 1.807) is 6.92 Å². The van der Waals surface area contributed by atoms with Gasteiger partial charge in [-0.1, -0.05) is 12.1 Å². The highest BCUT2D eigenvalue weighted by Crippen LogP contribution is 2.37. The first-order chi connectivity index (χ1) is 10.6. The van der Waals surface area contributed by atoms with Crippen molar-refractivity contribution in [3.05, 3.63) is 23.8 Å². The molecule has 1 saturated heterocycles. The molecule has 0 aromatic heterocycles. The maximum atomic E-state index is 12.2. The zero-order valence-electron chi connectivity index (χ0n) is 14.4. The molecule has 2 heterocycles. The quantitative estimate of drug-likeness (QED) is 0.788. The average Bonchev–Trinajstić information content (AvgIpc) is 2.97. The second-order valence-electron chi connectivity index (χ2n) is 7.20. The van der Waals surface area contributed by atoms with Crippen LogP contribution in [0.5, 0.6) is 0 Å². The van der Waals surface area contributed by atoms with Gasteiger partial charge in [0.05, 0.1) is 22.6 Å². The molecule has 2 aliphatic rings. The van der Waals surface area contributed by atoms with Gasteiger partial charge in [-0.05, 0) is 58.1 Å². The van der Waals surface area contributed by atoms with E-state index < -0.39 is 17.1 Å². The molecule has 0 bridgehead atoms. The van der Waals surface area contributed by atoms with Gasteiger partial charge in [0.15, 0.2) is 0 Å². The summed E-state index contributed by atoms with van der Waals surface area (Å²) in [5.74, 6) is 0.116. The third-order valence-electron chi connectivity index (χ3n) is 5.18. The molecule has 1 aromatic rings. The number of fused-ring (bicyclic) bond motifs is 1. The number of hydrogen-bond donors (Lipinski definition) is 0. The highest BCUT2D eigenvalue weighted by molar-refractivity contribution is 7.92. The third kappa shape index (κ3) is 2.68. The summed E-state index contributed by atoms with van der Waals surface area (Å²) in [4.78, 5) is 0.